The summed E-state index contributed by atoms with van der Waals surface area (Å²) in [6.07, 6.45) is 0.868. The number of amides is 1. The molecular formula is C17H22F2N2O2. The van der Waals surface area contributed by atoms with E-state index < -0.39 is 11.6 Å². The SMILES string of the molecule is CC(=O)N1C[C@@H]2CCN(Cc3ccc(F)cc3F)C[C@]2(CO)C1. The van der Waals surface area contributed by atoms with Crippen molar-refractivity contribution in [1.29, 1.82) is 0 Å². The van der Waals surface area contributed by atoms with E-state index in [1.54, 1.807) is 11.8 Å². The lowest BCUT2D eigenvalue weighted by Gasteiger charge is -2.43. The molecule has 1 amide bonds. The van der Waals surface area contributed by atoms with Gasteiger partial charge in [-0.05, 0) is 24.9 Å². The van der Waals surface area contributed by atoms with E-state index in [0.717, 1.165) is 19.0 Å². The number of aliphatic hydroxyl groups is 1. The first-order valence-corrected chi connectivity index (χ1v) is 7.96. The monoisotopic (exact) mass is 324 g/mol. The van der Waals surface area contributed by atoms with Gasteiger partial charge in [-0.15, -0.1) is 0 Å². The normalized spacial score (nSPS) is 28.0. The smallest absolute Gasteiger partial charge is 0.219 e. The summed E-state index contributed by atoms with van der Waals surface area (Å²) >= 11 is 0. The van der Waals surface area contributed by atoms with Crippen LogP contribution in [-0.4, -0.2) is 53.6 Å². The van der Waals surface area contributed by atoms with Crippen LogP contribution in [0.2, 0.25) is 0 Å². The van der Waals surface area contributed by atoms with Crippen molar-refractivity contribution in [1.82, 2.24) is 9.80 Å². The summed E-state index contributed by atoms with van der Waals surface area (Å²) in [7, 11) is 0. The van der Waals surface area contributed by atoms with Gasteiger partial charge in [0.05, 0.1) is 6.61 Å². The highest BCUT2D eigenvalue weighted by Gasteiger charge is 2.49. The number of fused-ring (bicyclic) bond motifs is 1. The first-order chi connectivity index (χ1) is 10.9. The molecule has 1 aromatic rings. The molecule has 2 fully saturated rings. The second kappa shape index (κ2) is 6.17. The van der Waals surface area contributed by atoms with Crippen molar-refractivity contribution in [3.8, 4) is 0 Å². The fourth-order valence-corrected chi connectivity index (χ4v) is 3.97. The number of likely N-dealkylation sites (tertiary alicyclic amines) is 2. The summed E-state index contributed by atoms with van der Waals surface area (Å²) in [4.78, 5) is 15.5. The Labute approximate surface area is 134 Å². The lowest BCUT2D eigenvalue weighted by Crippen LogP contribution is -2.50. The third kappa shape index (κ3) is 3.10. The Morgan fingerprint density at radius 2 is 2.17 bits per heavy atom. The van der Waals surface area contributed by atoms with Gasteiger partial charge in [-0.25, -0.2) is 8.78 Å². The standard InChI is InChI=1S/C17H22F2N2O2/c1-12(23)21-8-14-4-5-20(9-17(14,10-21)11-22)7-13-2-3-15(18)6-16(13)19/h2-3,6,14,22H,4-5,7-11H2,1H3/t14-,17+/m0/s1. The number of rotatable bonds is 3. The number of halogens is 2. The van der Waals surface area contributed by atoms with Crippen molar-refractivity contribution >= 4 is 5.91 Å². The maximum Gasteiger partial charge on any atom is 0.219 e. The molecule has 4 nitrogen and oxygen atoms in total. The molecule has 2 saturated heterocycles. The van der Waals surface area contributed by atoms with Crippen LogP contribution < -0.4 is 0 Å². The molecule has 0 radical (unpaired) electrons. The molecule has 1 aromatic carbocycles. The number of piperidine rings is 1. The quantitative estimate of drug-likeness (QED) is 0.919. The van der Waals surface area contributed by atoms with Crippen LogP contribution in [0.1, 0.15) is 18.9 Å². The topological polar surface area (TPSA) is 43.8 Å². The van der Waals surface area contributed by atoms with Crippen LogP contribution in [0.25, 0.3) is 0 Å². The van der Waals surface area contributed by atoms with E-state index in [9.17, 15) is 18.7 Å². The molecule has 23 heavy (non-hydrogen) atoms. The summed E-state index contributed by atoms with van der Waals surface area (Å²) in [5.74, 6) is -0.805. The molecular weight excluding hydrogens is 302 g/mol. The van der Waals surface area contributed by atoms with E-state index in [0.29, 0.717) is 31.7 Å². The second-order valence-corrected chi connectivity index (χ2v) is 6.85. The van der Waals surface area contributed by atoms with Crippen molar-refractivity contribution in [2.75, 3.05) is 32.8 Å². The number of nitrogens with zero attached hydrogens (tertiary/aromatic N) is 2. The van der Waals surface area contributed by atoms with E-state index in [-0.39, 0.29) is 23.8 Å². The van der Waals surface area contributed by atoms with Crippen LogP contribution in [-0.2, 0) is 11.3 Å². The lowest BCUT2D eigenvalue weighted by atomic mass is 9.74. The van der Waals surface area contributed by atoms with Crippen LogP contribution in [0, 0.1) is 23.0 Å². The summed E-state index contributed by atoms with van der Waals surface area (Å²) in [5.41, 5.74) is 0.125. The number of carbonyl (C=O) groups excluding carboxylic acids is 1. The van der Waals surface area contributed by atoms with Crippen LogP contribution in [0.3, 0.4) is 0 Å². The van der Waals surface area contributed by atoms with Crippen LogP contribution >= 0.6 is 0 Å². The fourth-order valence-electron chi connectivity index (χ4n) is 3.97. The van der Waals surface area contributed by atoms with Gasteiger partial charge in [0.1, 0.15) is 11.6 Å². The molecule has 2 heterocycles. The summed E-state index contributed by atoms with van der Waals surface area (Å²) < 4.78 is 26.9. The van der Waals surface area contributed by atoms with Crippen LogP contribution in [0.5, 0.6) is 0 Å². The number of carbonyl (C=O) groups is 1. The average Bonchev–Trinajstić information content (AvgIpc) is 2.90. The molecule has 3 rings (SSSR count). The Morgan fingerprint density at radius 3 is 2.83 bits per heavy atom. The Hall–Kier alpha value is -1.53. The molecule has 0 unspecified atom stereocenters. The van der Waals surface area contributed by atoms with Crippen molar-refractivity contribution < 1.29 is 18.7 Å². The molecule has 0 spiro atoms. The zero-order valence-electron chi connectivity index (χ0n) is 13.3. The average molecular weight is 324 g/mol. The molecule has 6 heteroatoms. The molecule has 1 N–H and O–H groups in total. The van der Waals surface area contributed by atoms with E-state index >= 15 is 0 Å². The van der Waals surface area contributed by atoms with Gasteiger partial charge in [0, 0.05) is 50.1 Å². The number of benzene rings is 1. The van der Waals surface area contributed by atoms with Crippen molar-refractivity contribution in [3.05, 3.63) is 35.4 Å². The summed E-state index contributed by atoms with van der Waals surface area (Å²) in [6.45, 7) is 4.60. The third-order valence-corrected chi connectivity index (χ3v) is 5.31. The molecule has 2 aliphatic rings. The molecule has 0 aromatic heterocycles. The van der Waals surface area contributed by atoms with Crippen LogP contribution in [0.4, 0.5) is 8.78 Å². The maximum atomic E-state index is 13.8. The van der Waals surface area contributed by atoms with Gasteiger partial charge in [-0.3, -0.25) is 9.69 Å². The zero-order chi connectivity index (χ0) is 16.6. The Kier molecular flexibility index (Phi) is 4.38. The molecule has 2 aliphatic heterocycles. The van der Waals surface area contributed by atoms with Crippen molar-refractivity contribution in [3.63, 3.8) is 0 Å². The van der Waals surface area contributed by atoms with Gasteiger partial charge in [0.25, 0.3) is 0 Å². The molecule has 2 atom stereocenters. The molecule has 0 aliphatic carbocycles. The van der Waals surface area contributed by atoms with Gasteiger partial charge >= 0.3 is 0 Å². The summed E-state index contributed by atoms with van der Waals surface area (Å²) in [6, 6.07) is 3.63. The number of hydrogen-bond donors (Lipinski definition) is 1. The second-order valence-electron chi connectivity index (χ2n) is 6.85. The Balaban J connectivity index is 1.73. The van der Waals surface area contributed by atoms with Crippen molar-refractivity contribution in [2.45, 2.75) is 19.9 Å². The first-order valence-electron chi connectivity index (χ1n) is 7.96. The van der Waals surface area contributed by atoms with Gasteiger partial charge in [0.15, 0.2) is 0 Å². The van der Waals surface area contributed by atoms with Gasteiger partial charge in [0.2, 0.25) is 5.91 Å². The minimum Gasteiger partial charge on any atom is -0.396 e. The van der Waals surface area contributed by atoms with Crippen molar-refractivity contribution in [2.24, 2.45) is 11.3 Å². The highest BCUT2D eigenvalue weighted by atomic mass is 19.1. The zero-order valence-corrected chi connectivity index (χ0v) is 13.3. The molecule has 126 valence electrons. The summed E-state index contributed by atoms with van der Waals surface area (Å²) in [5, 5.41) is 9.94. The van der Waals surface area contributed by atoms with Gasteiger partial charge in [-0.2, -0.15) is 0 Å². The Morgan fingerprint density at radius 1 is 1.39 bits per heavy atom. The number of hydrogen-bond acceptors (Lipinski definition) is 3. The molecule has 0 saturated carbocycles. The van der Waals surface area contributed by atoms with Crippen LogP contribution in [0.15, 0.2) is 18.2 Å². The Bertz CT molecular complexity index is 610. The lowest BCUT2D eigenvalue weighted by molar-refractivity contribution is -0.128. The minimum atomic E-state index is -0.579. The fraction of sp³-hybridized carbons (Fsp3) is 0.588. The molecule has 0 bridgehead atoms. The van der Waals surface area contributed by atoms with E-state index in [1.807, 2.05) is 0 Å². The van der Waals surface area contributed by atoms with Gasteiger partial charge < -0.3 is 10.0 Å². The largest absolute Gasteiger partial charge is 0.396 e. The highest BCUT2D eigenvalue weighted by molar-refractivity contribution is 5.73. The highest BCUT2D eigenvalue weighted by Crippen LogP contribution is 2.42. The predicted molar refractivity (Wildman–Crippen MR) is 81.5 cm³/mol. The van der Waals surface area contributed by atoms with Gasteiger partial charge in [-0.1, -0.05) is 6.07 Å². The van der Waals surface area contributed by atoms with E-state index in [2.05, 4.69) is 4.90 Å². The van der Waals surface area contributed by atoms with E-state index in [4.69, 9.17) is 0 Å². The number of aliphatic hydroxyl groups excluding tert-OH is 1. The third-order valence-electron chi connectivity index (χ3n) is 5.31. The predicted octanol–water partition coefficient (Wildman–Crippen LogP) is 1.63. The maximum absolute atomic E-state index is 13.8. The first kappa shape index (κ1) is 16.3. The minimum absolute atomic E-state index is 0.0177. The van der Waals surface area contributed by atoms with E-state index in [1.165, 1.54) is 12.1 Å².